The summed E-state index contributed by atoms with van der Waals surface area (Å²) in [5.41, 5.74) is 6.34. The molecule has 4 nitrogen and oxygen atoms in total. The number of fused-ring (bicyclic) bond motifs is 2. The van der Waals surface area contributed by atoms with Gasteiger partial charge in [-0.1, -0.05) is 31.2 Å². The first-order valence-corrected chi connectivity index (χ1v) is 11.2. The van der Waals surface area contributed by atoms with Gasteiger partial charge in [0.15, 0.2) is 0 Å². The molecule has 1 saturated heterocycles. The highest BCUT2D eigenvalue weighted by Crippen LogP contribution is 2.44. The Morgan fingerprint density at radius 3 is 2.70 bits per heavy atom. The molecule has 5 rings (SSSR count). The number of benzene rings is 2. The number of carbonyl (C=O) groups excluding carboxylic acids is 1. The minimum absolute atomic E-state index is 0.0403. The third-order valence-electron chi connectivity index (χ3n) is 7.29. The van der Waals surface area contributed by atoms with Crippen molar-refractivity contribution in [3.8, 4) is 0 Å². The Kier molecular flexibility index (Phi) is 4.90. The Morgan fingerprint density at radius 1 is 1.13 bits per heavy atom. The third kappa shape index (κ3) is 3.24. The van der Waals surface area contributed by atoms with Gasteiger partial charge < -0.3 is 14.8 Å². The Bertz CT molecular complexity index is 1080. The topological polar surface area (TPSA) is 37.3 Å². The molecule has 1 amide bonds. The van der Waals surface area contributed by atoms with Crippen LogP contribution >= 0.6 is 0 Å². The summed E-state index contributed by atoms with van der Waals surface area (Å²) in [6.07, 6.45) is 5.57. The minimum Gasteiger partial charge on any atom is -0.352 e. The average Bonchev–Trinajstić information content (AvgIpc) is 3.09. The van der Waals surface area contributed by atoms with Gasteiger partial charge in [-0.15, -0.1) is 0 Å². The number of rotatable bonds is 4. The van der Waals surface area contributed by atoms with Crippen LogP contribution in [0.3, 0.4) is 0 Å². The number of nitrogens with zero attached hydrogens (tertiary/aromatic N) is 2. The maximum Gasteiger partial charge on any atom is 0.251 e. The van der Waals surface area contributed by atoms with Gasteiger partial charge in [-0.25, -0.2) is 0 Å². The molecule has 3 aromatic rings. The lowest BCUT2D eigenvalue weighted by molar-refractivity contribution is 0.0891. The van der Waals surface area contributed by atoms with Crippen molar-refractivity contribution >= 4 is 16.8 Å². The van der Waals surface area contributed by atoms with Crippen molar-refractivity contribution in [3.05, 3.63) is 70.9 Å². The summed E-state index contributed by atoms with van der Waals surface area (Å²) in [6, 6.07) is 15.3. The van der Waals surface area contributed by atoms with E-state index in [-0.39, 0.29) is 5.91 Å². The van der Waals surface area contributed by atoms with Gasteiger partial charge in [0.05, 0.1) is 0 Å². The monoisotopic (exact) mass is 401 g/mol. The second kappa shape index (κ2) is 7.59. The molecule has 30 heavy (non-hydrogen) atoms. The minimum atomic E-state index is 0.0403. The second-order valence-electron chi connectivity index (χ2n) is 9.19. The second-order valence-corrected chi connectivity index (χ2v) is 9.19. The number of nitrogens with one attached hydrogen (secondary N) is 1. The maximum absolute atomic E-state index is 12.6. The number of aromatic nitrogens is 1. The smallest absolute Gasteiger partial charge is 0.251 e. The van der Waals surface area contributed by atoms with E-state index >= 15 is 0 Å². The highest BCUT2D eigenvalue weighted by atomic mass is 16.1. The number of likely N-dealkylation sites (N-methyl/N-ethyl adjacent to an activating group) is 1. The van der Waals surface area contributed by atoms with Crippen LogP contribution < -0.4 is 5.32 Å². The molecule has 2 heterocycles. The van der Waals surface area contributed by atoms with Crippen LogP contribution in [0.1, 0.15) is 46.3 Å². The Labute approximate surface area is 178 Å². The molecule has 3 atom stereocenters. The Hall–Kier alpha value is -2.59. The zero-order chi connectivity index (χ0) is 20.8. The first kappa shape index (κ1) is 19.4. The van der Waals surface area contributed by atoms with Crippen molar-refractivity contribution in [2.75, 3.05) is 20.1 Å². The number of hydrogen-bond acceptors (Lipinski definition) is 2. The summed E-state index contributed by atoms with van der Waals surface area (Å²) in [5.74, 6) is 1.04. The Balaban J connectivity index is 1.32. The van der Waals surface area contributed by atoms with Crippen LogP contribution in [0, 0.1) is 5.92 Å². The average molecular weight is 402 g/mol. The lowest BCUT2D eigenvalue weighted by Crippen LogP contribution is -2.50. The first-order chi connectivity index (χ1) is 14.5. The number of amides is 1. The molecule has 0 unspecified atom stereocenters. The molecular formula is C26H31N3O. The van der Waals surface area contributed by atoms with Crippen molar-refractivity contribution in [1.82, 2.24) is 14.8 Å². The van der Waals surface area contributed by atoms with Crippen molar-refractivity contribution < 1.29 is 4.79 Å². The van der Waals surface area contributed by atoms with Crippen molar-refractivity contribution in [2.45, 2.75) is 38.1 Å². The van der Waals surface area contributed by atoms with E-state index in [1.807, 2.05) is 24.3 Å². The van der Waals surface area contributed by atoms with Crippen LogP contribution in [0.15, 0.2) is 48.7 Å². The molecule has 1 aliphatic carbocycles. The lowest BCUT2D eigenvalue weighted by Gasteiger charge is -2.45. The molecule has 4 heteroatoms. The van der Waals surface area contributed by atoms with Gasteiger partial charge in [-0.3, -0.25) is 4.79 Å². The van der Waals surface area contributed by atoms with E-state index in [2.05, 4.69) is 60.2 Å². The van der Waals surface area contributed by atoms with Gasteiger partial charge in [0, 0.05) is 54.8 Å². The summed E-state index contributed by atoms with van der Waals surface area (Å²) < 4.78 is 2.27. The molecule has 0 radical (unpaired) electrons. The summed E-state index contributed by atoms with van der Waals surface area (Å²) in [7, 11) is 4.41. The zero-order valence-corrected chi connectivity index (χ0v) is 18.2. The predicted octanol–water partition coefficient (Wildman–Crippen LogP) is 4.13. The van der Waals surface area contributed by atoms with Crippen LogP contribution in [0.2, 0.25) is 0 Å². The summed E-state index contributed by atoms with van der Waals surface area (Å²) in [4.78, 5) is 15.2. The molecule has 1 aliphatic heterocycles. The van der Waals surface area contributed by atoms with Crippen molar-refractivity contribution in [1.29, 1.82) is 0 Å². The third-order valence-corrected chi connectivity index (χ3v) is 7.29. The van der Waals surface area contributed by atoms with Crippen molar-refractivity contribution in [2.24, 2.45) is 13.0 Å². The highest BCUT2D eigenvalue weighted by Gasteiger charge is 2.39. The molecule has 1 aromatic heterocycles. The summed E-state index contributed by atoms with van der Waals surface area (Å²) in [6.45, 7) is 3.90. The van der Waals surface area contributed by atoms with Gasteiger partial charge in [-0.2, -0.15) is 0 Å². The SMILES string of the molecule is CCc1ccc(C(=O)NC[C@@H]2C[C@@H]3c4cccc5c4c(cn5C)C[C@H]3N(C)C2)cc1. The quantitative estimate of drug-likeness (QED) is 0.714. The van der Waals surface area contributed by atoms with Crippen LogP contribution in [0.5, 0.6) is 0 Å². The normalized spacial score (nSPS) is 23.4. The summed E-state index contributed by atoms with van der Waals surface area (Å²) >= 11 is 0. The van der Waals surface area contributed by atoms with Crippen LogP contribution in [-0.4, -0.2) is 41.6 Å². The number of carbonyl (C=O) groups is 1. The number of hydrogen-bond donors (Lipinski definition) is 1. The number of piperidine rings is 1. The van der Waals surface area contributed by atoms with E-state index < -0.39 is 0 Å². The maximum atomic E-state index is 12.6. The first-order valence-electron chi connectivity index (χ1n) is 11.2. The number of likely N-dealkylation sites (tertiary alicyclic amines) is 1. The van der Waals surface area contributed by atoms with Gasteiger partial charge in [0.2, 0.25) is 0 Å². The van der Waals surface area contributed by atoms with E-state index in [1.54, 1.807) is 0 Å². The standard InChI is InChI=1S/C26H31N3O/c1-4-17-8-10-19(11-9-17)26(30)27-14-18-12-22-21-6-5-7-23-25(21)20(16-29(23)3)13-24(22)28(2)15-18/h5-11,16,18,22,24H,4,12-15H2,1-3H3,(H,27,30)/t18-,22+,24+/m0/s1. The van der Waals surface area contributed by atoms with E-state index in [0.717, 1.165) is 37.9 Å². The van der Waals surface area contributed by atoms with Crippen LogP contribution in [-0.2, 0) is 19.9 Å². The van der Waals surface area contributed by atoms with Gasteiger partial charge >= 0.3 is 0 Å². The fourth-order valence-corrected chi connectivity index (χ4v) is 5.71. The van der Waals surface area contributed by atoms with Gasteiger partial charge in [0.25, 0.3) is 5.91 Å². The van der Waals surface area contributed by atoms with E-state index in [1.165, 1.54) is 27.6 Å². The zero-order valence-electron chi connectivity index (χ0n) is 18.2. The van der Waals surface area contributed by atoms with E-state index in [0.29, 0.717) is 17.9 Å². The predicted molar refractivity (Wildman–Crippen MR) is 122 cm³/mol. The molecule has 0 bridgehead atoms. The molecule has 2 aromatic carbocycles. The molecule has 0 spiro atoms. The van der Waals surface area contributed by atoms with Crippen LogP contribution in [0.25, 0.3) is 10.9 Å². The fourth-order valence-electron chi connectivity index (χ4n) is 5.71. The van der Waals surface area contributed by atoms with Gasteiger partial charge in [0.1, 0.15) is 0 Å². The van der Waals surface area contributed by atoms with Gasteiger partial charge in [-0.05, 0) is 67.1 Å². The molecule has 156 valence electrons. The largest absolute Gasteiger partial charge is 0.352 e. The molecule has 2 aliphatic rings. The fraction of sp³-hybridized carbons (Fsp3) is 0.423. The lowest BCUT2D eigenvalue weighted by atomic mass is 9.72. The van der Waals surface area contributed by atoms with E-state index in [4.69, 9.17) is 0 Å². The molecule has 0 saturated carbocycles. The molecule has 1 N–H and O–H groups in total. The van der Waals surface area contributed by atoms with E-state index in [9.17, 15) is 4.79 Å². The highest BCUT2D eigenvalue weighted by molar-refractivity contribution is 5.94. The Morgan fingerprint density at radius 2 is 1.93 bits per heavy atom. The molecular weight excluding hydrogens is 370 g/mol. The van der Waals surface area contributed by atoms with Crippen LogP contribution in [0.4, 0.5) is 0 Å². The van der Waals surface area contributed by atoms with Crippen molar-refractivity contribution in [3.63, 3.8) is 0 Å². The summed E-state index contributed by atoms with van der Waals surface area (Å²) in [5, 5.41) is 4.67. The number of aryl methyl sites for hydroxylation is 2. The molecule has 1 fully saturated rings.